The summed E-state index contributed by atoms with van der Waals surface area (Å²) >= 11 is 0. The normalized spacial score (nSPS) is 17.6. The molecule has 0 fully saturated rings. The van der Waals surface area contributed by atoms with E-state index >= 15 is 0 Å². The number of hydrogen-bond donors (Lipinski definition) is 2. The van der Waals surface area contributed by atoms with Crippen LogP contribution in [0.25, 0.3) is 0 Å². The van der Waals surface area contributed by atoms with E-state index in [-0.39, 0.29) is 25.4 Å². The highest BCUT2D eigenvalue weighted by Crippen LogP contribution is 2.29. The minimum Gasteiger partial charge on any atom is -0.437 e. The minimum absolute atomic E-state index is 0.140. The van der Waals surface area contributed by atoms with Crippen LogP contribution in [0.2, 0.25) is 104 Å². The number of ether oxygens (including phenoxy) is 2. The van der Waals surface area contributed by atoms with Crippen LogP contribution in [0.5, 0.6) is 0 Å². The summed E-state index contributed by atoms with van der Waals surface area (Å²) in [5.74, 6) is 0. The average molecular weight is 675 g/mol. The summed E-state index contributed by atoms with van der Waals surface area (Å²) in [6, 6.07) is 1.64. The van der Waals surface area contributed by atoms with Crippen molar-refractivity contribution in [3.8, 4) is 0 Å². The Morgan fingerprint density at radius 2 is 0.675 bits per heavy atom. The lowest BCUT2D eigenvalue weighted by atomic mass is 10.2. The van der Waals surface area contributed by atoms with Gasteiger partial charge < -0.3 is 36.1 Å². The molecule has 0 rings (SSSR count). The first-order valence-corrected chi connectivity index (χ1v) is 33.7. The molecule has 14 heteroatoms. The Balaban J connectivity index is 5.27. The zero-order valence-electron chi connectivity index (χ0n) is 28.9. The number of aliphatic hydroxyl groups excluding tert-OH is 2. The summed E-state index contributed by atoms with van der Waals surface area (Å²) in [5.41, 5.74) is 0. The quantitative estimate of drug-likeness (QED) is 0.128. The molecule has 0 aromatic heterocycles. The highest BCUT2D eigenvalue weighted by Gasteiger charge is 2.42. The van der Waals surface area contributed by atoms with Crippen LogP contribution < -0.4 is 0 Å². The largest absolute Gasteiger partial charge is 0.437 e. The van der Waals surface area contributed by atoms with Gasteiger partial charge in [0.1, 0.15) is 12.2 Å². The van der Waals surface area contributed by atoms with E-state index < -0.39 is 62.6 Å². The summed E-state index contributed by atoms with van der Waals surface area (Å²) in [5, 5.41) is 20.3. The van der Waals surface area contributed by atoms with E-state index in [0.717, 1.165) is 24.9 Å². The van der Waals surface area contributed by atoms with Gasteiger partial charge in [-0.15, -0.1) is 0 Å². The zero-order valence-corrected chi connectivity index (χ0v) is 34.9. The zero-order chi connectivity index (χ0) is 31.8. The maximum absolute atomic E-state index is 10.2. The van der Waals surface area contributed by atoms with Crippen LogP contribution in [0, 0.1) is 0 Å². The van der Waals surface area contributed by atoms with E-state index in [4.69, 9.17) is 25.9 Å². The summed E-state index contributed by atoms with van der Waals surface area (Å²) in [4.78, 5) is 0. The summed E-state index contributed by atoms with van der Waals surface area (Å²) in [6.07, 6.45) is -0.00345. The van der Waals surface area contributed by atoms with Crippen LogP contribution in [-0.2, 0) is 25.9 Å². The molecular weight excluding hydrogens is 609 g/mol. The highest BCUT2D eigenvalue weighted by molar-refractivity contribution is 6.88. The molecule has 0 aliphatic heterocycles. The van der Waals surface area contributed by atoms with Crippen molar-refractivity contribution in [2.24, 2.45) is 0 Å². The second-order valence-electron chi connectivity index (χ2n) is 15.5. The van der Waals surface area contributed by atoms with Gasteiger partial charge in [0, 0.05) is 0 Å². The third-order valence-electron chi connectivity index (χ3n) is 5.69. The van der Waals surface area contributed by atoms with Crippen LogP contribution in [0.4, 0.5) is 0 Å². The second-order valence-corrected chi connectivity index (χ2v) is 41.2. The molecule has 0 aromatic carbocycles. The molecular formula is C26H66O8Si6. The molecule has 0 aromatic rings. The predicted octanol–water partition coefficient (Wildman–Crippen LogP) is 6.85. The molecule has 0 amide bonds. The molecule has 2 unspecified atom stereocenters. The van der Waals surface area contributed by atoms with Crippen molar-refractivity contribution in [3.05, 3.63) is 0 Å². The van der Waals surface area contributed by atoms with Gasteiger partial charge >= 0.3 is 17.1 Å². The van der Waals surface area contributed by atoms with Gasteiger partial charge in [0.05, 0.1) is 25.4 Å². The highest BCUT2D eigenvalue weighted by atomic mass is 28.5. The van der Waals surface area contributed by atoms with Gasteiger partial charge in [-0.25, -0.2) is 0 Å². The van der Waals surface area contributed by atoms with Gasteiger partial charge in [-0.2, -0.15) is 0 Å². The lowest BCUT2D eigenvalue weighted by Gasteiger charge is -2.39. The van der Waals surface area contributed by atoms with Crippen LogP contribution in [0.15, 0.2) is 0 Å². The van der Waals surface area contributed by atoms with E-state index in [9.17, 15) is 10.2 Å². The molecule has 0 aliphatic carbocycles. The first kappa shape index (κ1) is 41.0. The van der Waals surface area contributed by atoms with Gasteiger partial charge in [-0.3, -0.25) is 0 Å². The number of rotatable bonds is 21. The van der Waals surface area contributed by atoms with Crippen molar-refractivity contribution < 1.29 is 36.1 Å². The van der Waals surface area contributed by atoms with Crippen LogP contribution >= 0.6 is 0 Å². The van der Waals surface area contributed by atoms with Crippen molar-refractivity contribution >= 4 is 50.4 Å². The molecule has 0 saturated carbocycles. The van der Waals surface area contributed by atoms with Crippen LogP contribution in [0.1, 0.15) is 26.7 Å². The fraction of sp³-hybridized carbons (Fsp3) is 1.00. The molecule has 0 saturated heterocycles. The van der Waals surface area contributed by atoms with Crippen molar-refractivity contribution in [1.82, 2.24) is 0 Å². The van der Waals surface area contributed by atoms with E-state index in [2.05, 4.69) is 91.7 Å². The van der Waals surface area contributed by atoms with E-state index in [1.54, 1.807) is 0 Å². The summed E-state index contributed by atoms with van der Waals surface area (Å²) in [6.45, 7) is 34.4. The molecule has 0 spiro atoms. The average Bonchev–Trinajstić information content (AvgIpc) is 2.67. The summed E-state index contributed by atoms with van der Waals surface area (Å²) in [7, 11) is -11.9. The maximum atomic E-state index is 10.2. The number of aliphatic hydroxyl groups is 2. The first-order valence-electron chi connectivity index (χ1n) is 15.0. The molecule has 242 valence electrons. The van der Waals surface area contributed by atoms with E-state index in [1.165, 1.54) is 0 Å². The fourth-order valence-electron chi connectivity index (χ4n) is 5.00. The van der Waals surface area contributed by atoms with Gasteiger partial charge in [0.25, 0.3) is 0 Å². The molecule has 0 radical (unpaired) electrons. The predicted molar refractivity (Wildman–Crippen MR) is 183 cm³/mol. The van der Waals surface area contributed by atoms with Gasteiger partial charge in [0.15, 0.2) is 33.3 Å². The fourth-order valence-corrected chi connectivity index (χ4v) is 30.3. The molecule has 4 atom stereocenters. The third kappa shape index (κ3) is 20.0. The number of hydrogen-bond acceptors (Lipinski definition) is 8. The molecule has 40 heavy (non-hydrogen) atoms. The SMILES string of the molecule is CC(CC[Si](C)(O[Si](C)(C)C)O[Si](C)(C)C)O[C@@H](CO)[C@@H](CO)OC(C)CC[Si](C)(O[Si](C)(C)C)O[Si](C)(C)C. The summed E-state index contributed by atoms with van der Waals surface area (Å²) < 4.78 is 39.0. The van der Waals surface area contributed by atoms with Crippen LogP contribution in [-0.4, -0.2) is 98.2 Å². The third-order valence-corrected chi connectivity index (χ3v) is 24.8. The van der Waals surface area contributed by atoms with E-state index in [0.29, 0.717) is 0 Å². The Hall–Kier alpha value is 0.981. The topological polar surface area (TPSA) is 95.8 Å². The standard InChI is InChI=1S/C26H66O8Si6/c1-23(17-19-39(15,31-35(3,4)5)32-36(6,7)8)29-25(21-27)26(22-28)30-24(2)18-20-40(16,33-37(9,10)11)34-38(12,13)14/h23-28H,17-22H2,1-16H3/t23?,24?,25-,26+. The Kier molecular flexibility index (Phi) is 16.7. The molecule has 2 N–H and O–H groups in total. The monoisotopic (exact) mass is 674 g/mol. The molecule has 0 aliphatic rings. The van der Waals surface area contributed by atoms with Crippen molar-refractivity contribution in [1.29, 1.82) is 0 Å². The smallest absolute Gasteiger partial charge is 0.314 e. The molecule has 0 heterocycles. The lowest BCUT2D eigenvalue weighted by Crippen LogP contribution is -2.53. The lowest BCUT2D eigenvalue weighted by molar-refractivity contribution is -0.145. The van der Waals surface area contributed by atoms with Crippen molar-refractivity contribution in [2.45, 2.75) is 155 Å². The van der Waals surface area contributed by atoms with Gasteiger partial charge in [-0.1, -0.05) is 0 Å². The molecule has 8 nitrogen and oxygen atoms in total. The maximum Gasteiger partial charge on any atom is 0.314 e. The van der Waals surface area contributed by atoms with Gasteiger partial charge in [-0.05, 0) is 130 Å². The van der Waals surface area contributed by atoms with E-state index in [1.807, 2.05) is 13.8 Å². The van der Waals surface area contributed by atoms with Crippen LogP contribution in [0.3, 0.4) is 0 Å². The van der Waals surface area contributed by atoms with Crippen molar-refractivity contribution in [2.75, 3.05) is 13.2 Å². The minimum atomic E-state index is -2.38. The second kappa shape index (κ2) is 16.3. The Labute approximate surface area is 253 Å². The van der Waals surface area contributed by atoms with Gasteiger partial charge in [0.2, 0.25) is 0 Å². The Bertz CT molecular complexity index is 626. The molecule has 0 bridgehead atoms. The first-order chi connectivity index (χ1) is 17.7. The van der Waals surface area contributed by atoms with Crippen molar-refractivity contribution in [3.63, 3.8) is 0 Å². The Morgan fingerprint density at radius 1 is 0.450 bits per heavy atom. The Morgan fingerprint density at radius 3 is 0.850 bits per heavy atom.